The zero-order valence-corrected chi connectivity index (χ0v) is 12.6. The van der Waals surface area contributed by atoms with Gasteiger partial charge < -0.3 is 14.8 Å². The van der Waals surface area contributed by atoms with Gasteiger partial charge in [0.15, 0.2) is 0 Å². The van der Waals surface area contributed by atoms with Crippen molar-refractivity contribution in [1.29, 1.82) is 0 Å². The molecular weight excluding hydrogens is 268 g/mol. The first-order valence-corrected chi connectivity index (χ1v) is 7.42. The third-order valence-electron chi connectivity index (χ3n) is 4.51. The van der Waals surface area contributed by atoms with Crippen molar-refractivity contribution in [3.05, 3.63) is 29.8 Å². The molecule has 114 valence electrons. The average molecular weight is 290 g/mol. The number of rotatable bonds is 4. The number of carbonyl (C=O) groups is 1. The minimum Gasteiger partial charge on any atom is -0.497 e. The highest BCUT2D eigenvalue weighted by Crippen LogP contribution is 2.34. The summed E-state index contributed by atoms with van der Waals surface area (Å²) < 4.78 is 10.9. The molecule has 2 heterocycles. The van der Waals surface area contributed by atoms with E-state index in [1.807, 2.05) is 31.2 Å². The van der Waals surface area contributed by atoms with Gasteiger partial charge in [-0.25, -0.2) is 4.79 Å². The standard InChI is InChI=1S/C16H22N2O3/c1-16(13-6-7-17-9-13)11-18(15(19)21-16)10-12-4-3-5-14(8-12)20-2/h3-5,8,13,17H,6-7,9-11H2,1-2H3. The summed E-state index contributed by atoms with van der Waals surface area (Å²) in [6, 6.07) is 7.80. The number of cyclic esters (lactones) is 1. The van der Waals surface area contributed by atoms with Crippen molar-refractivity contribution in [3.8, 4) is 5.75 Å². The van der Waals surface area contributed by atoms with Crippen molar-refractivity contribution in [1.82, 2.24) is 10.2 Å². The molecule has 2 aliphatic heterocycles. The molecule has 2 saturated heterocycles. The van der Waals surface area contributed by atoms with Gasteiger partial charge in [0.05, 0.1) is 13.7 Å². The van der Waals surface area contributed by atoms with Crippen molar-refractivity contribution >= 4 is 6.09 Å². The summed E-state index contributed by atoms with van der Waals surface area (Å²) in [5, 5.41) is 3.34. The Morgan fingerprint density at radius 2 is 2.38 bits per heavy atom. The van der Waals surface area contributed by atoms with Crippen molar-refractivity contribution in [2.75, 3.05) is 26.7 Å². The smallest absolute Gasteiger partial charge is 0.410 e. The fraction of sp³-hybridized carbons (Fsp3) is 0.562. The topological polar surface area (TPSA) is 50.8 Å². The molecule has 1 N–H and O–H groups in total. The molecule has 1 aromatic rings. The predicted molar refractivity (Wildman–Crippen MR) is 79.3 cm³/mol. The maximum Gasteiger partial charge on any atom is 0.410 e. The predicted octanol–water partition coefficient (Wildman–Crippen LogP) is 2.02. The lowest BCUT2D eigenvalue weighted by Gasteiger charge is -2.28. The summed E-state index contributed by atoms with van der Waals surface area (Å²) in [7, 11) is 1.65. The summed E-state index contributed by atoms with van der Waals surface area (Å²) in [5.41, 5.74) is 0.680. The highest BCUT2D eigenvalue weighted by molar-refractivity contribution is 5.70. The molecular formula is C16H22N2O3. The molecule has 0 saturated carbocycles. The average Bonchev–Trinajstić information content (AvgIpc) is 3.09. The van der Waals surface area contributed by atoms with E-state index in [9.17, 15) is 4.79 Å². The maximum atomic E-state index is 12.2. The van der Waals surface area contributed by atoms with E-state index in [4.69, 9.17) is 9.47 Å². The number of amides is 1. The van der Waals surface area contributed by atoms with Gasteiger partial charge in [-0.2, -0.15) is 0 Å². The van der Waals surface area contributed by atoms with Gasteiger partial charge in [-0.1, -0.05) is 12.1 Å². The Morgan fingerprint density at radius 1 is 1.52 bits per heavy atom. The Labute approximate surface area is 125 Å². The summed E-state index contributed by atoms with van der Waals surface area (Å²) in [6.45, 7) is 5.19. The Hall–Kier alpha value is -1.75. The van der Waals surface area contributed by atoms with E-state index in [0.29, 0.717) is 19.0 Å². The van der Waals surface area contributed by atoms with Gasteiger partial charge >= 0.3 is 6.09 Å². The third kappa shape index (κ3) is 2.83. The number of hydrogen-bond donors (Lipinski definition) is 1. The maximum absolute atomic E-state index is 12.2. The molecule has 0 spiro atoms. The SMILES string of the molecule is COc1cccc(CN2CC(C)(C3CCNC3)OC2=O)c1. The fourth-order valence-electron chi connectivity index (χ4n) is 3.24. The second-order valence-corrected chi connectivity index (χ2v) is 6.08. The van der Waals surface area contributed by atoms with Crippen molar-refractivity contribution in [2.45, 2.75) is 25.5 Å². The summed E-state index contributed by atoms with van der Waals surface area (Å²) in [6.07, 6.45) is 0.851. The van der Waals surface area contributed by atoms with E-state index in [2.05, 4.69) is 5.32 Å². The van der Waals surface area contributed by atoms with Crippen LogP contribution in [-0.4, -0.2) is 43.3 Å². The highest BCUT2D eigenvalue weighted by atomic mass is 16.6. The lowest BCUT2D eigenvalue weighted by atomic mass is 9.88. The van der Waals surface area contributed by atoms with Crippen LogP contribution >= 0.6 is 0 Å². The van der Waals surface area contributed by atoms with Crippen LogP contribution in [0.1, 0.15) is 18.9 Å². The number of nitrogens with one attached hydrogen (secondary N) is 1. The van der Waals surface area contributed by atoms with Crippen LogP contribution in [0.3, 0.4) is 0 Å². The van der Waals surface area contributed by atoms with Crippen LogP contribution in [0.4, 0.5) is 4.79 Å². The first-order valence-electron chi connectivity index (χ1n) is 7.42. The van der Waals surface area contributed by atoms with Crippen LogP contribution in [0.15, 0.2) is 24.3 Å². The van der Waals surface area contributed by atoms with Gasteiger partial charge in [-0.3, -0.25) is 4.90 Å². The quantitative estimate of drug-likeness (QED) is 0.921. The number of methoxy groups -OCH3 is 1. The molecule has 0 radical (unpaired) electrons. The number of nitrogens with zero attached hydrogens (tertiary/aromatic N) is 1. The van der Waals surface area contributed by atoms with Gasteiger partial charge in [0.2, 0.25) is 0 Å². The second-order valence-electron chi connectivity index (χ2n) is 6.08. The van der Waals surface area contributed by atoms with Crippen molar-refractivity contribution in [3.63, 3.8) is 0 Å². The Kier molecular flexibility index (Phi) is 3.76. The molecule has 0 aromatic heterocycles. The monoisotopic (exact) mass is 290 g/mol. The normalized spacial score (nSPS) is 28.8. The first kappa shape index (κ1) is 14.2. The molecule has 3 rings (SSSR count). The largest absolute Gasteiger partial charge is 0.497 e. The van der Waals surface area contributed by atoms with Gasteiger partial charge in [-0.05, 0) is 37.6 Å². The number of hydrogen-bond acceptors (Lipinski definition) is 4. The molecule has 2 aliphatic rings. The van der Waals surface area contributed by atoms with Crippen LogP contribution in [0.25, 0.3) is 0 Å². The molecule has 1 amide bonds. The second kappa shape index (κ2) is 5.56. The van der Waals surface area contributed by atoms with E-state index in [1.165, 1.54) is 0 Å². The fourth-order valence-corrected chi connectivity index (χ4v) is 3.24. The molecule has 5 nitrogen and oxygen atoms in total. The van der Waals surface area contributed by atoms with Crippen LogP contribution in [0.5, 0.6) is 5.75 Å². The van der Waals surface area contributed by atoms with E-state index < -0.39 is 0 Å². The lowest BCUT2D eigenvalue weighted by Crippen LogP contribution is -2.40. The van der Waals surface area contributed by atoms with E-state index >= 15 is 0 Å². The van der Waals surface area contributed by atoms with Crippen LogP contribution in [0, 0.1) is 5.92 Å². The zero-order chi connectivity index (χ0) is 14.9. The molecule has 2 unspecified atom stereocenters. The Bertz CT molecular complexity index is 528. The molecule has 2 atom stereocenters. The van der Waals surface area contributed by atoms with Crippen LogP contribution in [-0.2, 0) is 11.3 Å². The van der Waals surface area contributed by atoms with Gasteiger partial charge in [0.1, 0.15) is 11.4 Å². The van der Waals surface area contributed by atoms with Crippen LogP contribution < -0.4 is 10.1 Å². The lowest BCUT2D eigenvalue weighted by molar-refractivity contribution is 0.0287. The molecule has 0 bridgehead atoms. The highest BCUT2D eigenvalue weighted by Gasteiger charge is 2.47. The van der Waals surface area contributed by atoms with E-state index in [1.54, 1.807) is 12.0 Å². The van der Waals surface area contributed by atoms with E-state index in [0.717, 1.165) is 30.8 Å². The molecule has 5 heteroatoms. The number of benzene rings is 1. The summed E-state index contributed by atoms with van der Waals surface area (Å²) in [4.78, 5) is 13.9. The van der Waals surface area contributed by atoms with Crippen LogP contribution in [0.2, 0.25) is 0 Å². The van der Waals surface area contributed by atoms with Gasteiger partial charge in [0.25, 0.3) is 0 Å². The molecule has 1 aromatic carbocycles. The first-order chi connectivity index (χ1) is 10.1. The Balaban J connectivity index is 1.70. The summed E-state index contributed by atoms with van der Waals surface area (Å²) >= 11 is 0. The van der Waals surface area contributed by atoms with E-state index in [-0.39, 0.29) is 11.7 Å². The molecule has 21 heavy (non-hydrogen) atoms. The van der Waals surface area contributed by atoms with Crippen molar-refractivity contribution in [2.24, 2.45) is 5.92 Å². The number of carbonyl (C=O) groups excluding carboxylic acids is 1. The van der Waals surface area contributed by atoms with Crippen molar-refractivity contribution < 1.29 is 14.3 Å². The minimum atomic E-state index is -0.376. The van der Waals surface area contributed by atoms with Gasteiger partial charge in [0, 0.05) is 19.0 Å². The molecule has 2 fully saturated rings. The Morgan fingerprint density at radius 3 is 3.10 bits per heavy atom. The zero-order valence-electron chi connectivity index (χ0n) is 12.6. The molecule has 0 aliphatic carbocycles. The minimum absolute atomic E-state index is 0.216. The van der Waals surface area contributed by atoms with Gasteiger partial charge in [-0.15, -0.1) is 0 Å². The number of ether oxygens (including phenoxy) is 2. The summed E-state index contributed by atoms with van der Waals surface area (Å²) in [5.74, 6) is 1.21. The third-order valence-corrected chi connectivity index (χ3v) is 4.51.